The molecule has 0 N–H and O–H groups in total. The van der Waals surface area contributed by atoms with E-state index in [0.717, 1.165) is 17.8 Å². The van der Waals surface area contributed by atoms with Crippen molar-refractivity contribution in [2.24, 2.45) is 39.9 Å². The van der Waals surface area contributed by atoms with Crippen LogP contribution in [0.5, 0.6) is 0 Å². The number of alkyl halides is 1. The molecule has 4 saturated carbocycles. The van der Waals surface area contributed by atoms with Crippen molar-refractivity contribution < 1.29 is 9.53 Å². The first kappa shape index (κ1) is 18.3. The third kappa shape index (κ3) is 2.50. The quantitative estimate of drug-likeness (QED) is 0.413. The lowest BCUT2D eigenvalue weighted by Crippen LogP contribution is -2.58. The Morgan fingerprint density at radius 3 is 2.56 bits per heavy atom. The van der Waals surface area contributed by atoms with E-state index >= 15 is 0 Å². The van der Waals surface area contributed by atoms with E-state index in [-0.39, 0.29) is 17.5 Å². The number of esters is 1. The number of hydrogen-bond acceptors (Lipinski definition) is 2. The molecule has 25 heavy (non-hydrogen) atoms. The maximum Gasteiger partial charge on any atom is 0.316 e. The fourth-order valence-corrected chi connectivity index (χ4v) is 8.59. The number of halogens is 1. The summed E-state index contributed by atoms with van der Waals surface area (Å²) in [4.78, 5) is 12.2. The van der Waals surface area contributed by atoms with Gasteiger partial charge < -0.3 is 4.74 Å². The van der Waals surface area contributed by atoms with Gasteiger partial charge in [-0.25, -0.2) is 0 Å². The van der Waals surface area contributed by atoms with Crippen LogP contribution in [0.15, 0.2) is 0 Å². The van der Waals surface area contributed by atoms with Crippen molar-refractivity contribution in [1.82, 2.24) is 0 Å². The van der Waals surface area contributed by atoms with Crippen LogP contribution in [0.2, 0.25) is 0 Å². The highest BCUT2D eigenvalue weighted by Gasteiger charge is 2.67. The van der Waals surface area contributed by atoms with Crippen LogP contribution in [0.1, 0.15) is 79.1 Å². The minimum absolute atomic E-state index is 0.0613. The van der Waals surface area contributed by atoms with Crippen LogP contribution < -0.4 is 0 Å². The average Bonchev–Trinajstić information content (AvgIpc) is 2.74. The molecule has 4 aliphatic rings. The molecule has 2 nitrogen and oxygen atoms in total. The SMILES string of the molecule is C[C@H]1C(OC(=O)CBr)[C@@]23CC[C@H]4C(C)(C)CCC[C@]4(C)[C@H]2CC[C@@H]1C3. The zero-order chi connectivity index (χ0) is 18.0. The predicted octanol–water partition coefficient (Wildman–Crippen LogP) is 5.97. The topological polar surface area (TPSA) is 26.3 Å². The first-order valence-corrected chi connectivity index (χ1v) is 11.6. The van der Waals surface area contributed by atoms with Gasteiger partial charge in [-0.1, -0.05) is 50.0 Å². The summed E-state index contributed by atoms with van der Waals surface area (Å²) in [5, 5.41) is 0.328. The Kier molecular flexibility index (Phi) is 4.38. The minimum Gasteiger partial charge on any atom is -0.461 e. The lowest BCUT2D eigenvalue weighted by molar-refractivity contribution is -0.188. The maximum atomic E-state index is 12.2. The van der Waals surface area contributed by atoms with Crippen LogP contribution >= 0.6 is 15.9 Å². The van der Waals surface area contributed by atoms with Crippen molar-refractivity contribution in [3.63, 3.8) is 0 Å². The minimum atomic E-state index is -0.0613. The monoisotopic (exact) mass is 410 g/mol. The number of carbonyl (C=O) groups excluding carboxylic acids is 1. The van der Waals surface area contributed by atoms with E-state index in [1.165, 1.54) is 51.4 Å². The molecule has 4 fully saturated rings. The van der Waals surface area contributed by atoms with E-state index < -0.39 is 0 Å². The first-order chi connectivity index (χ1) is 11.7. The number of carbonyl (C=O) groups is 1. The molecule has 4 aliphatic carbocycles. The molecule has 0 heterocycles. The Morgan fingerprint density at radius 1 is 1.08 bits per heavy atom. The second-order valence-corrected chi connectivity index (χ2v) is 11.2. The van der Waals surface area contributed by atoms with Gasteiger partial charge in [-0.05, 0) is 79.4 Å². The van der Waals surface area contributed by atoms with Gasteiger partial charge in [0.15, 0.2) is 0 Å². The van der Waals surface area contributed by atoms with Gasteiger partial charge in [-0.15, -0.1) is 0 Å². The zero-order valence-corrected chi connectivity index (χ0v) is 18.0. The molecule has 0 amide bonds. The Balaban J connectivity index is 1.72. The third-order valence-corrected chi connectivity index (χ3v) is 9.75. The van der Waals surface area contributed by atoms with Crippen LogP contribution in [-0.4, -0.2) is 17.4 Å². The summed E-state index contributed by atoms with van der Waals surface area (Å²) >= 11 is 3.31. The van der Waals surface area contributed by atoms with Crippen molar-refractivity contribution in [3.8, 4) is 0 Å². The van der Waals surface area contributed by atoms with E-state index in [2.05, 4.69) is 43.6 Å². The van der Waals surface area contributed by atoms with Crippen molar-refractivity contribution in [1.29, 1.82) is 0 Å². The molecular weight excluding hydrogens is 376 g/mol. The van der Waals surface area contributed by atoms with Crippen LogP contribution in [0, 0.1) is 39.9 Å². The molecule has 1 spiro atoms. The molecule has 7 atom stereocenters. The molecule has 142 valence electrons. The fraction of sp³-hybridized carbons (Fsp3) is 0.955. The highest BCUT2D eigenvalue weighted by molar-refractivity contribution is 9.09. The van der Waals surface area contributed by atoms with E-state index in [1.807, 2.05) is 0 Å². The van der Waals surface area contributed by atoms with Crippen LogP contribution in [0.4, 0.5) is 0 Å². The molecule has 4 rings (SSSR count). The molecule has 0 aromatic heterocycles. The summed E-state index contributed by atoms with van der Waals surface area (Å²) in [5.41, 5.74) is 1.17. The largest absolute Gasteiger partial charge is 0.461 e. The highest BCUT2D eigenvalue weighted by atomic mass is 79.9. The summed E-state index contributed by atoms with van der Waals surface area (Å²) in [5.74, 6) is 2.82. The Labute approximate surface area is 162 Å². The molecule has 2 bridgehead atoms. The van der Waals surface area contributed by atoms with Crippen molar-refractivity contribution in [2.75, 3.05) is 5.33 Å². The maximum absolute atomic E-state index is 12.2. The summed E-state index contributed by atoms with van der Waals surface area (Å²) in [6.07, 6.45) is 10.9. The Hall–Kier alpha value is -0.0500. The van der Waals surface area contributed by atoms with Gasteiger partial charge >= 0.3 is 5.97 Å². The fourth-order valence-electron chi connectivity index (χ4n) is 8.45. The lowest BCUT2D eigenvalue weighted by Gasteiger charge is -2.64. The summed E-state index contributed by atoms with van der Waals surface area (Å²) in [6, 6.07) is 0. The lowest BCUT2D eigenvalue weighted by atomic mass is 9.41. The van der Waals surface area contributed by atoms with Crippen molar-refractivity contribution in [3.05, 3.63) is 0 Å². The van der Waals surface area contributed by atoms with E-state index in [9.17, 15) is 4.79 Å². The normalized spacial score (nSPS) is 50.7. The Morgan fingerprint density at radius 2 is 1.84 bits per heavy atom. The van der Waals surface area contributed by atoms with Crippen molar-refractivity contribution >= 4 is 21.9 Å². The molecule has 0 saturated heterocycles. The number of hydrogen-bond donors (Lipinski definition) is 0. The molecule has 0 aromatic carbocycles. The third-order valence-electron chi connectivity index (χ3n) is 9.29. The van der Waals surface area contributed by atoms with Gasteiger partial charge in [0.2, 0.25) is 0 Å². The average molecular weight is 411 g/mol. The van der Waals surface area contributed by atoms with Crippen LogP contribution in [0.25, 0.3) is 0 Å². The smallest absolute Gasteiger partial charge is 0.316 e. The standard InChI is InChI=1S/C22H35BrO2/c1-14-15-6-7-17-21(4)10-5-9-20(2,3)16(21)8-11-22(17,12-15)19(14)25-18(24)13-23/h14-17,19H,5-13H2,1-4H3/t14-,15-,16+,17-,19?,21+,22-/m1/s1. The Bertz CT molecular complexity index is 558. The second-order valence-electron chi connectivity index (χ2n) is 10.7. The zero-order valence-electron chi connectivity index (χ0n) is 16.4. The molecule has 0 aliphatic heterocycles. The number of rotatable bonds is 2. The van der Waals surface area contributed by atoms with E-state index in [4.69, 9.17) is 4.74 Å². The second kappa shape index (κ2) is 5.97. The first-order valence-electron chi connectivity index (χ1n) is 10.5. The molecule has 0 aromatic rings. The van der Waals surface area contributed by atoms with Crippen molar-refractivity contribution in [2.45, 2.75) is 85.2 Å². The molecule has 0 radical (unpaired) electrons. The van der Waals surface area contributed by atoms with Gasteiger partial charge in [-0.2, -0.15) is 0 Å². The summed E-state index contributed by atoms with van der Waals surface area (Å²) < 4.78 is 6.14. The highest BCUT2D eigenvalue weighted by Crippen LogP contribution is 2.72. The van der Waals surface area contributed by atoms with Gasteiger partial charge in [0.05, 0.1) is 0 Å². The molecule has 1 unspecified atom stereocenters. The predicted molar refractivity (Wildman–Crippen MR) is 105 cm³/mol. The van der Waals surface area contributed by atoms with Crippen LogP contribution in [0.3, 0.4) is 0 Å². The van der Waals surface area contributed by atoms with Gasteiger partial charge in [0.1, 0.15) is 11.4 Å². The summed E-state index contributed by atoms with van der Waals surface area (Å²) in [6.45, 7) is 9.99. The van der Waals surface area contributed by atoms with E-state index in [0.29, 0.717) is 22.1 Å². The van der Waals surface area contributed by atoms with Gasteiger partial charge in [0, 0.05) is 5.41 Å². The van der Waals surface area contributed by atoms with Gasteiger partial charge in [-0.3, -0.25) is 4.79 Å². The number of ether oxygens (including phenoxy) is 1. The molecular formula is C22H35BrO2. The number of fused-ring (bicyclic) bond motifs is 3. The van der Waals surface area contributed by atoms with E-state index in [1.54, 1.807) is 0 Å². The van der Waals surface area contributed by atoms with Gasteiger partial charge in [0.25, 0.3) is 0 Å². The molecule has 3 heteroatoms. The summed E-state index contributed by atoms with van der Waals surface area (Å²) in [7, 11) is 0. The van der Waals surface area contributed by atoms with Crippen LogP contribution in [-0.2, 0) is 9.53 Å².